The number of hydrogen-bond acceptors (Lipinski definition) is 7. The van der Waals surface area contributed by atoms with Gasteiger partial charge in [-0.3, -0.25) is 10.2 Å². The number of amides is 1. The van der Waals surface area contributed by atoms with Gasteiger partial charge in [0.15, 0.2) is 5.17 Å². The van der Waals surface area contributed by atoms with E-state index in [9.17, 15) is 4.79 Å². The van der Waals surface area contributed by atoms with Crippen LogP contribution < -0.4 is 16.2 Å². The van der Waals surface area contributed by atoms with Crippen LogP contribution in [0.25, 0.3) is 0 Å². The van der Waals surface area contributed by atoms with Gasteiger partial charge in [0.2, 0.25) is 5.91 Å². The van der Waals surface area contributed by atoms with Crippen LogP contribution in [-0.2, 0) is 4.79 Å². The first kappa shape index (κ1) is 21.4. The molecule has 5 rings (SSSR count). The molecule has 0 bridgehead atoms. The molecule has 2 aromatic carbocycles. The summed E-state index contributed by atoms with van der Waals surface area (Å²) >= 11 is 4.90. The maximum atomic E-state index is 12.4. The fourth-order valence-electron chi connectivity index (χ4n) is 4.37. The lowest BCUT2D eigenvalue weighted by molar-refractivity contribution is -0.113. The van der Waals surface area contributed by atoms with Gasteiger partial charge in [-0.25, -0.2) is 5.43 Å². The van der Waals surface area contributed by atoms with Gasteiger partial charge in [0.25, 0.3) is 0 Å². The molecule has 3 heterocycles. The minimum Gasteiger partial charge on any atom is -0.324 e. The summed E-state index contributed by atoms with van der Waals surface area (Å²) in [5.74, 6) is 0.226. The van der Waals surface area contributed by atoms with Crippen LogP contribution in [0.5, 0.6) is 0 Å². The molecule has 3 aliphatic rings. The van der Waals surface area contributed by atoms with E-state index in [4.69, 9.17) is 0 Å². The zero-order valence-corrected chi connectivity index (χ0v) is 20.3. The Morgan fingerprint density at radius 3 is 2.94 bits per heavy atom. The average molecular weight is 513 g/mol. The van der Waals surface area contributed by atoms with Crippen LogP contribution in [0.3, 0.4) is 0 Å². The number of rotatable bonds is 4. The zero-order valence-electron chi connectivity index (χ0n) is 17.9. The first-order chi connectivity index (χ1) is 15.5. The fraction of sp³-hybridized carbons (Fsp3) is 0.304. The number of para-hydroxylation sites is 1. The highest BCUT2D eigenvalue weighted by molar-refractivity contribution is 9.10. The first-order valence-corrected chi connectivity index (χ1v) is 12.4. The van der Waals surface area contributed by atoms with E-state index in [1.807, 2.05) is 30.5 Å². The second-order valence-electron chi connectivity index (χ2n) is 8.24. The van der Waals surface area contributed by atoms with E-state index in [1.165, 1.54) is 28.5 Å². The van der Waals surface area contributed by atoms with Crippen LogP contribution in [0.4, 0.5) is 5.69 Å². The van der Waals surface area contributed by atoms with Crippen molar-refractivity contribution in [1.29, 1.82) is 0 Å². The van der Waals surface area contributed by atoms with Gasteiger partial charge in [-0.2, -0.15) is 5.10 Å². The van der Waals surface area contributed by atoms with E-state index in [0.29, 0.717) is 0 Å². The van der Waals surface area contributed by atoms with Crippen LogP contribution in [0.15, 0.2) is 64.4 Å². The lowest BCUT2D eigenvalue weighted by Crippen LogP contribution is -2.54. The highest BCUT2D eigenvalue weighted by atomic mass is 79.9. The molecule has 0 saturated carbocycles. The smallest absolute Gasteiger partial charge is 0.234 e. The molecule has 32 heavy (non-hydrogen) atoms. The number of aryl methyl sites for hydroxylation is 2. The number of thioether (sulfide) groups is 1. The van der Waals surface area contributed by atoms with Crippen LogP contribution in [0, 0.1) is 13.8 Å². The molecule has 3 unspecified atom stereocenters. The Kier molecular flexibility index (Phi) is 5.88. The second-order valence-corrected chi connectivity index (χ2v) is 10.0. The monoisotopic (exact) mass is 512 g/mol. The third-order valence-corrected chi connectivity index (χ3v) is 7.65. The summed E-state index contributed by atoms with van der Waals surface area (Å²) in [7, 11) is 0. The molecule has 0 spiro atoms. The standard InChI is InChI=1S/C23H25BrN6OS/c1-14-7-8-15(2)16(11-14)19-12-20-22-26-27-23(29(22)9-10-30(20)28-19)32-13-21(31)25-18-6-4-3-5-17(18)24/h3-11,19-20,22,26,28H,12-13H2,1-2H3,(H,25,31). The molecule has 1 saturated heterocycles. The predicted octanol–water partition coefficient (Wildman–Crippen LogP) is 4.04. The lowest BCUT2D eigenvalue weighted by atomic mass is 9.95. The van der Waals surface area contributed by atoms with Crippen molar-refractivity contribution in [1.82, 2.24) is 20.8 Å². The van der Waals surface area contributed by atoms with Crippen LogP contribution in [0.1, 0.15) is 29.2 Å². The lowest BCUT2D eigenvalue weighted by Gasteiger charge is -2.36. The summed E-state index contributed by atoms with van der Waals surface area (Å²) in [5.41, 5.74) is 11.6. The van der Waals surface area contributed by atoms with Crippen molar-refractivity contribution >= 4 is 44.5 Å². The fourth-order valence-corrected chi connectivity index (χ4v) is 5.52. The molecule has 7 nitrogen and oxygen atoms in total. The zero-order chi connectivity index (χ0) is 22.2. The number of hydrazine groups is 1. The summed E-state index contributed by atoms with van der Waals surface area (Å²) in [6, 6.07) is 14.7. The maximum absolute atomic E-state index is 12.4. The topological polar surface area (TPSA) is 72.0 Å². The third-order valence-electron chi connectivity index (χ3n) is 6.00. The van der Waals surface area contributed by atoms with Crippen LogP contribution in [0.2, 0.25) is 0 Å². The minimum absolute atomic E-state index is 0.0384. The summed E-state index contributed by atoms with van der Waals surface area (Å²) in [6.07, 6.45) is 5.10. The Hall–Kier alpha value is -2.49. The van der Waals surface area contributed by atoms with E-state index in [2.05, 4.69) is 85.4 Å². The van der Waals surface area contributed by atoms with Gasteiger partial charge in [0, 0.05) is 16.9 Å². The number of halogens is 1. The number of hydrazone groups is 1. The molecule has 0 aromatic heterocycles. The highest BCUT2D eigenvalue weighted by Crippen LogP contribution is 2.36. The molecule has 166 valence electrons. The largest absolute Gasteiger partial charge is 0.324 e. The molecule has 2 aromatic rings. The van der Waals surface area contributed by atoms with Crippen LogP contribution >= 0.6 is 27.7 Å². The van der Waals surface area contributed by atoms with E-state index >= 15 is 0 Å². The summed E-state index contributed by atoms with van der Waals surface area (Å²) < 4.78 is 0.865. The molecule has 3 aliphatic heterocycles. The molecular formula is C23H25BrN6OS. The van der Waals surface area contributed by atoms with Crippen molar-refractivity contribution in [2.75, 3.05) is 11.1 Å². The number of carbonyl (C=O) groups is 1. The molecule has 1 amide bonds. The van der Waals surface area contributed by atoms with Gasteiger partial charge >= 0.3 is 0 Å². The molecule has 3 N–H and O–H groups in total. The number of fused-ring (bicyclic) bond motifs is 3. The first-order valence-electron chi connectivity index (χ1n) is 10.6. The van der Waals surface area contributed by atoms with Crippen molar-refractivity contribution < 1.29 is 4.79 Å². The van der Waals surface area contributed by atoms with Crippen molar-refractivity contribution in [2.24, 2.45) is 5.10 Å². The Balaban J connectivity index is 1.21. The highest BCUT2D eigenvalue weighted by Gasteiger charge is 2.44. The van der Waals surface area contributed by atoms with Crippen molar-refractivity contribution in [3.05, 3.63) is 76.0 Å². The van der Waals surface area contributed by atoms with Crippen LogP contribution in [-0.4, -0.2) is 38.9 Å². The van der Waals surface area contributed by atoms with Gasteiger partial charge < -0.3 is 15.2 Å². The number of carbonyl (C=O) groups excluding carboxylic acids is 1. The van der Waals surface area contributed by atoms with E-state index < -0.39 is 0 Å². The average Bonchev–Trinajstić information content (AvgIpc) is 3.39. The maximum Gasteiger partial charge on any atom is 0.234 e. The number of amidine groups is 1. The van der Waals surface area contributed by atoms with Gasteiger partial charge in [0.1, 0.15) is 6.17 Å². The van der Waals surface area contributed by atoms with Gasteiger partial charge in [-0.1, -0.05) is 47.7 Å². The van der Waals surface area contributed by atoms with Crippen molar-refractivity contribution in [3.8, 4) is 0 Å². The van der Waals surface area contributed by atoms with Crippen molar-refractivity contribution in [3.63, 3.8) is 0 Å². The van der Waals surface area contributed by atoms with Gasteiger partial charge in [-0.05, 0) is 59.5 Å². The molecule has 0 aliphatic carbocycles. The predicted molar refractivity (Wildman–Crippen MR) is 133 cm³/mol. The number of benzene rings is 2. The van der Waals surface area contributed by atoms with Gasteiger partial charge in [-0.15, -0.1) is 0 Å². The SMILES string of the molecule is Cc1ccc(C)c(C2CC3C4NN=C(SCC(=O)Nc5ccccc5Br)N4C=CN3N2)c1. The van der Waals surface area contributed by atoms with Gasteiger partial charge in [0.05, 0.1) is 23.5 Å². The number of nitrogens with zero attached hydrogens (tertiary/aromatic N) is 3. The summed E-state index contributed by atoms with van der Waals surface area (Å²) in [4.78, 5) is 14.6. The van der Waals surface area contributed by atoms with E-state index in [1.54, 1.807) is 0 Å². The third kappa shape index (κ3) is 4.12. The molecule has 9 heteroatoms. The molecule has 0 radical (unpaired) electrons. The Labute approximate surface area is 200 Å². The van der Waals surface area contributed by atoms with E-state index in [0.717, 1.165) is 21.7 Å². The summed E-state index contributed by atoms with van der Waals surface area (Å²) in [6.45, 7) is 4.30. The molecule has 1 fully saturated rings. The quantitative estimate of drug-likeness (QED) is 0.574. The Bertz CT molecular complexity index is 1110. The molecular weight excluding hydrogens is 488 g/mol. The second kappa shape index (κ2) is 8.80. The number of anilines is 1. The Morgan fingerprint density at radius 2 is 2.09 bits per heavy atom. The van der Waals surface area contributed by atoms with E-state index in [-0.39, 0.29) is 29.9 Å². The number of nitrogens with one attached hydrogen (secondary N) is 3. The molecule has 3 atom stereocenters. The van der Waals surface area contributed by atoms with Crippen molar-refractivity contribution in [2.45, 2.75) is 38.5 Å². The normalized spacial score (nSPS) is 23.5. The Morgan fingerprint density at radius 1 is 1.25 bits per heavy atom. The minimum atomic E-state index is -0.0619. The number of hydrogen-bond donors (Lipinski definition) is 3. The summed E-state index contributed by atoms with van der Waals surface area (Å²) in [5, 5.41) is 10.5.